The summed E-state index contributed by atoms with van der Waals surface area (Å²) in [6.45, 7) is 8.99. The Bertz CT molecular complexity index is 735. The van der Waals surface area contributed by atoms with E-state index in [1.54, 1.807) is 11.0 Å². The molecule has 1 aromatic rings. The van der Waals surface area contributed by atoms with Gasteiger partial charge < -0.3 is 24.4 Å². The van der Waals surface area contributed by atoms with E-state index < -0.39 is 17.8 Å². The van der Waals surface area contributed by atoms with Crippen LogP contribution in [-0.4, -0.2) is 56.0 Å². The lowest BCUT2D eigenvalue weighted by Crippen LogP contribution is -2.44. The minimum Gasteiger partial charge on any atom is -0.453 e. The van der Waals surface area contributed by atoms with Crippen LogP contribution < -0.4 is 5.32 Å². The first-order valence-corrected chi connectivity index (χ1v) is 10.3. The molecule has 0 spiro atoms. The van der Waals surface area contributed by atoms with Gasteiger partial charge in [-0.1, -0.05) is 6.07 Å². The van der Waals surface area contributed by atoms with Crippen LogP contribution in [0.25, 0.3) is 0 Å². The molecule has 1 N–H and O–H groups in total. The molecule has 168 valence electrons. The van der Waals surface area contributed by atoms with Gasteiger partial charge in [0.25, 0.3) is 0 Å². The molecule has 8 heteroatoms. The first-order chi connectivity index (χ1) is 14.1. The predicted molar refractivity (Wildman–Crippen MR) is 111 cm³/mol. The second-order valence-electron chi connectivity index (χ2n) is 8.54. The van der Waals surface area contributed by atoms with Gasteiger partial charge in [0.1, 0.15) is 11.4 Å². The summed E-state index contributed by atoms with van der Waals surface area (Å²) in [5.74, 6) is -0.360. The zero-order chi connectivity index (χ0) is 22.3. The van der Waals surface area contributed by atoms with Crippen LogP contribution in [0.15, 0.2) is 18.2 Å². The van der Waals surface area contributed by atoms with E-state index in [4.69, 9.17) is 9.47 Å². The van der Waals surface area contributed by atoms with Gasteiger partial charge in [0.15, 0.2) is 0 Å². The van der Waals surface area contributed by atoms with Gasteiger partial charge in [-0.25, -0.2) is 14.0 Å². The van der Waals surface area contributed by atoms with Crippen LogP contribution >= 0.6 is 0 Å². The van der Waals surface area contributed by atoms with Crippen molar-refractivity contribution in [2.75, 3.05) is 33.4 Å². The minimum atomic E-state index is -0.571. The number of hydrogen-bond acceptors (Lipinski definition) is 5. The Labute approximate surface area is 177 Å². The van der Waals surface area contributed by atoms with Crippen molar-refractivity contribution in [1.82, 2.24) is 10.2 Å². The van der Waals surface area contributed by atoms with Gasteiger partial charge in [0, 0.05) is 25.6 Å². The number of rotatable bonds is 6. The molecule has 0 aliphatic carbocycles. The lowest BCUT2D eigenvalue weighted by Gasteiger charge is -2.38. The summed E-state index contributed by atoms with van der Waals surface area (Å²) >= 11 is 0. The molecular weight excluding hydrogens is 391 g/mol. The number of aryl methyl sites for hydroxylation is 1. The van der Waals surface area contributed by atoms with Crippen LogP contribution in [0.2, 0.25) is 0 Å². The van der Waals surface area contributed by atoms with Crippen molar-refractivity contribution >= 4 is 12.2 Å². The highest BCUT2D eigenvalue weighted by molar-refractivity contribution is 5.68. The Hall–Kier alpha value is -2.35. The summed E-state index contributed by atoms with van der Waals surface area (Å²) in [6, 6.07) is 4.63. The monoisotopic (exact) mass is 424 g/mol. The molecule has 1 unspecified atom stereocenters. The fourth-order valence-electron chi connectivity index (χ4n) is 3.56. The third-order valence-electron chi connectivity index (χ3n) is 4.94. The summed E-state index contributed by atoms with van der Waals surface area (Å²) in [6.07, 6.45) is 0.341. The van der Waals surface area contributed by atoms with Gasteiger partial charge in [0.2, 0.25) is 0 Å². The first-order valence-electron chi connectivity index (χ1n) is 10.3. The summed E-state index contributed by atoms with van der Waals surface area (Å²) in [5, 5.41) is 2.58. The Morgan fingerprint density at radius 1 is 1.33 bits per heavy atom. The highest BCUT2D eigenvalue weighted by Crippen LogP contribution is 2.35. The fourth-order valence-corrected chi connectivity index (χ4v) is 3.56. The number of nitrogens with zero attached hydrogens (tertiary/aromatic N) is 1. The first kappa shape index (κ1) is 23.9. The molecule has 2 rings (SSSR count). The zero-order valence-corrected chi connectivity index (χ0v) is 18.5. The average molecular weight is 425 g/mol. The van der Waals surface area contributed by atoms with Gasteiger partial charge in [-0.2, -0.15) is 0 Å². The highest BCUT2D eigenvalue weighted by Gasteiger charge is 2.33. The number of methoxy groups -OCH3 is 1. The van der Waals surface area contributed by atoms with E-state index in [2.05, 4.69) is 10.1 Å². The van der Waals surface area contributed by atoms with Crippen LogP contribution in [0.3, 0.4) is 0 Å². The number of halogens is 1. The second-order valence-corrected chi connectivity index (χ2v) is 8.54. The molecular formula is C22H33FN2O5. The van der Waals surface area contributed by atoms with Crippen LogP contribution in [0, 0.1) is 18.7 Å². The van der Waals surface area contributed by atoms with Crippen LogP contribution in [0.1, 0.15) is 50.8 Å². The largest absolute Gasteiger partial charge is 0.453 e. The van der Waals surface area contributed by atoms with Crippen molar-refractivity contribution in [3.8, 4) is 0 Å². The zero-order valence-electron chi connectivity index (χ0n) is 18.5. The Kier molecular flexibility index (Phi) is 8.46. The molecule has 0 aromatic heterocycles. The van der Waals surface area contributed by atoms with Crippen molar-refractivity contribution in [2.24, 2.45) is 5.92 Å². The van der Waals surface area contributed by atoms with Gasteiger partial charge in [0.05, 0.1) is 19.8 Å². The molecule has 2 amide bonds. The van der Waals surface area contributed by atoms with E-state index in [-0.39, 0.29) is 31.0 Å². The van der Waals surface area contributed by atoms with Crippen molar-refractivity contribution < 1.29 is 28.2 Å². The maximum atomic E-state index is 14.0. The van der Waals surface area contributed by atoms with Gasteiger partial charge >= 0.3 is 12.2 Å². The number of alkyl carbamates (subject to hydrolysis) is 1. The quantitative estimate of drug-likeness (QED) is 0.693. The molecule has 0 saturated carbocycles. The number of carbonyl (C=O) groups excluding carboxylic acids is 2. The van der Waals surface area contributed by atoms with E-state index in [1.165, 1.54) is 19.2 Å². The molecule has 1 heterocycles. The second kappa shape index (κ2) is 10.6. The van der Waals surface area contributed by atoms with E-state index in [1.807, 2.05) is 27.7 Å². The number of nitrogens with one attached hydrogen (secondary N) is 1. The maximum Gasteiger partial charge on any atom is 0.410 e. The van der Waals surface area contributed by atoms with Gasteiger partial charge in [-0.3, -0.25) is 0 Å². The van der Waals surface area contributed by atoms with Crippen molar-refractivity contribution in [2.45, 2.75) is 52.2 Å². The van der Waals surface area contributed by atoms with E-state index in [9.17, 15) is 14.0 Å². The summed E-state index contributed by atoms with van der Waals surface area (Å²) < 4.78 is 30.2. The fraction of sp³-hybridized carbons (Fsp3) is 0.636. The number of ether oxygens (including phenoxy) is 3. The number of carbonyl (C=O) groups is 2. The van der Waals surface area contributed by atoms with Crippen molar-refractivity contribution in [3.05, 3.63) is 35.1 Å². The van der Waals surface area contributed by atoms with Crippen LogP contribution in [0.5, 0.6) is 0 Å². The summed E-state index contributed by atoms with van der Waals surface area (Å²) in [5.41, 5.74) is 1.10. The SMILES string of the molecule is COC(=O)NCCO[C@@H](c1cc(F)ccc1C)C1CCCN(C(=O)OC(C)(C)C)C1. The molecule has 2 atom stereocenters. The van der Waals surface area contributed by atoms with Crippen LogP contribution in [0.4, 0.5) is 14.0 Å². The topological polar surface area (TPSA) is 77.1 Å². The van der Waals surface area contributed by atoms with Gasteiger partial charge in [-0.15, -0.1) is 0 Å². The predicted octanol–water partition coefficient (Wildman–Crippen LogP) is 4.19. The molecule has 1 fully saturated rings. The maximum absolute atomic E-state index is 14.0. The van der Waals surface area contributed by atoms with E-state index in [0.717, 1.165) is 24.0 Å². The van der Waals surface area contributed by atoms with E-state index >= 15 is 0 Å². The molecule has 30 heavy (non-hydrogen) atoms. The Balaban J connectivity index is 2.15. The number of piperidine rings is 1. The van der Waals surface area contributed by atoms with Crippen molar-refractivity contribution in [1.29, 1.82) is 0 Å². The van der Waals surface area contributed by atoms with Gasteiger partial charge in [-0.05, 0) is 63.8 Å². The average Bonchev–Trinajstić information content (AvgIpc) is 2.68. The standard InChI is InChI=1S/C22H33FN2O5/c1-15-8-9-17(23)13-18(15)19(29-12-10-24-20(26)28-5)16-7-6-11-25(14-16)21(27)30-22(2,3)4/h8-9,13,16,19H,6-7,10-12,14H2,1-5H3,(H,24,26)/t16?,19-/m1/s1. The molecule has 1 aliphatic heterocycles. The smallest absolute Gasteiger partial charge is 0.410 e. The molecule has 0 bridgehead atoms. The number of likely N-dealkylation sites (tertiary alicyclic amines) is 1. The number of amides is 2. The normalized spacial score (nSPS) is 17.9. The lowest BCUT2D eigenvalue weighted by atomic mass is 9.86. The van der Waals surface area contributed by atoms with Crippen molar-refractivity contribution in [3.63, 3.8) is 0 Å². The van der Waals surface area contributed by atoms with E-state index in [0.29, 0.717) is 13.1 Å². The Morgan fingerprint density at radius 3 is 2.73 bits per heavy atom. The summed E-state index contributed by atoms with van der Waals surface area (Å²) in [7, 11) is 1.29. The Morgan fingerprint density at radius 2 is 2.07 bits per heavy atom. The lowest BCUT2D eigenvalue weighted by molar-refractivity contribution is -0.0249. The molecule has 1 aliphatic rings. The number of benzene rings is 1. The molecule has 0 radical (unpaired) electrons. The molecule has 1 aromatic carbocycles. The minimum absolute atomic E-state index is 0.0232. The number of hydrogen-bond donors (Lipinski definition) is 1. The molecule has 7 nitrogen and oxygen atoms in total. The summed E-state index contributed by atoms with van der Waals surface area (Å²) in [4.78, 5) is 25.5. The van der Waals surface area contributed by atoms with Crippen LogP contribution in [-0.2, 0) is 14.2 Å². The third kappa shape index (κ3) is 7.16. The highest BCUT2D eigenvalue weighted by atomic mass is 19.1. The molecule has 1 saturated heterocycles. The third-order valence-corrected chi connectivity index (χ3v) is 4.94.